The minimum atomic E-state index is -6.23. The number of hydrogen-bond acceptors (Lipinski definition) is 4. The van der Waals surface area contributed by atoms with E-state index in [1.807, 2.05) is 30.3 Å². The molecule has 5 rings (SSSR count). The summed E-state index contributed by atoms with van der Waals surface area (Å²) >= 11 is 1.32. The number of alkyl halides is 7. The number of carboxylic acid groups (broad SMARTS) is 1. The van der Waals surface area contributed by atoms with Gasteiger partial charge in [-0.15, -0.1) is 11.8 Å². The lowest BCUT2D eigenvalue weighted by Crippen LogP contribution is -2.50. The molecule has 1 saturated carbocycles. The largest absolute Gasteiger partial charge is 0.481 e. The molecule has 1 amide bonds. The summed E-state index contributed by atoms with van der Waals surface area (Å²) < 4.78 is 94.4. The number of rotatable bonds is 7. The first-order valence-electron chi connectivity index (χ1n) is 14.3. The third-order valence-corrected chi connectivity index (χ3v) is 10.1. The summed E-state index contributed by atoms with van der Waals surface area (Å²) in [6, 6.07) is 15.9. The van der Waals surface area contributed by atoms with E-state index >= 15 is 0 Å². The van der Waals surface area contributed by atoms with E-state index in [-0.39, 0.29) is 24.9 Å². The molecule has 2 heterocycles. The van der Waals surface area contributed by atoms with E-state index < -0.39 is 40.2 Å². The Morgan fingerprint density at radius 2 is 1.49 bits per heavy atom. The van der Waals surface area contributed by atoms with Gasteiger partial charge < -0.3 is 10.0 Å². The smallest absolute Gasteiger partial charge is 0.435 e. The molecule has 2 aromatic carbocycles. The van der Waals surface area contributed by atoms with Crippen LogP contribution in [-0.4, -0.2) is 52.3 Å². The zero-order valence-corrected chi connectivity index (χ0v) is 24.6. The molecule has 1 saturated heterocycles. The average molecular weight is 655 g/mol. The zero-order valence-electron chi connectivity index (χ0n) is 23.7. The highest BCUT2D eigenvalue weighted by molar-refractivity contribution is 8.00. The van der Waals surface area contributed by atoms with Crippen LogP contribution in [0.1, 0.15) is 43.2 Å². The van der Waals surface area contributed by atoms with Crippen LogP contribution in [0.15, 0.2) is 77.8 Å². The number of pyridine rings is 1. The number of carbonyl (C=O) groups excluding carboxylic acids is 1. The van der Waals surface area contributed by atoms with E-state index in [1.54, 1.807) is 23.2 Å². The number of thioether (sulfide) groups is 1. The fraction of sp³-hybridized carbons (Fsp3) is 0.406. The lowest BCUT2D eigenvalue weighted by molar-refractivity contribution is -0.348. The van der Waals surface area contributed by atoms with Crippen molar-refractivity contribution in [3.63, 3.8) is 0 Å². The minimum absolute atomic E-state index is 0.0990. The van der Waals surface area contributed by atoms with Crippen LogP contribution in [0.5, 0.6) is 0 Å². The van der Waals surface area contributed by atoms with Crippen LogP contribution in [0, 0.1) is 11.8 Å². The van der Waals surface area contributed by atoms with Crippen LogP contribution in [0.25, 0.3) is 11.3 Å². The van der Waals surface area contributed by atoms with Gasteiger partial charge in [-0.25, -0.2) is 4.39 Å². The van der Waals surface area contributed by atoms with Gasteiger partial charge in [0.15, 0.2) is 0 Å². The van der Waals surface area contributed by atoms with Crippen molar-refractivity contribution in [2.75, 3.05) is 13.1 Å². The molecule has 13 heteroatoms. The first kappa shape index (κ1) is 32.8. The molecule has 45 heavy (non-hydrogen) atoms. The third-order valence-electron chi connectivity index (χ3n) is 8.67. The Balaban J connectivity index is 1.48. The summed E-state index contributed by atoms with van der Waals surface area (Å²) in [6.45, 7) is 0.367. The van der Waals surface area contributed by atoms with Gasteiger partial charge in [0.2, 0.25) is 5.91 Å². The first-order valence-corrected chi connectivity index (χ1v) is 15.1. The minimum Gasteiger partial charge on any atom is -0.481 e. The molecule has 2 aliphatic rings. The average Bonchev–Trinajstić information content (AvgIpc) is 3.45. The molecule has 1 aliphatic heterocycles. The summed E-state index contributed by atoms with van der Waals surface area (Å²) in [5, 5.41) is 9.31. The van der Waals surface area contributed by atoms with Gasteiger partial charge in [-0.05, 0) is 61.9 Å². The van der Waals surface area contributed by atoms with Crippen LogP contribution in [-0.2, 0) is 20.0 Å². The van der Waals surface area contributed by atoms with Gasteiger partial charge in [0.1, 0.15) is 0 Å². The molecule has 0 radical (unpaired) electrons. The number of aliphatic carboxylic acids is 1. The standard InChI is InChI=1S/C32H29F7N2O3S/c33-30(31(34,35)36,32(37,38)39)24-13-11-23(12-14-24)29(45-25-5-3-4-22(18-25)26-6-1-2-16-40-26)15-17-41(19-29)27(42)20-7-9-21(10-8-20)28(43)44/h1-6,11-14,16,18,20-21H,7-10,15,17,19H2,(H,43,44). The highest BCUT2D eigenvalue weighted by atomic mass is 32.2. The van der Waals surface area contributed by atoms with Crippen molar-refractivity contribution >= 4 is 23.6 Å². The molecule has 2 fully saturated rings. The van der Waals surface area contributed by atoms with Crippen molar-refractivity contribution in [1.29, 1.82) is 0 Å². The number of amides is 1. The normalized spacial score (nSPS) is 22.8. The lowest BCUT2D eigenvalue weighted by Gasteiger charge is -2.33. The number of carboxylic acids is 1. The monoisotopic (exact) mass is 654 g/mol. The van der Waals surface area contributed by atoms with Crippen molar-refractivity contribution in [3.8, 4) is 11.3 Å². The van der Waals surface area contributed by atoms with E-state index in [9.17, 15) is 45.4 Å². The Morgan fingerprint density at radius 3 is 2.07 bits per heavy atom. The maximum Gasteiger partial charge on any atom is 0.435 e. The molecule has 5 nitrogen and oxygen atoms in total. The van der Waals surface area contributed by atoms with Crippen LogP contribution >= 0.6 is 11.8 Å². The van der Waals surface area contributed by atoms with E-state index in [2.05, 4.69) is 4.98 Å². The van der Waals surface area contributed by atoms with Crippen LogP contribution < -0.4 is 0 Å². The second kappa shape index (κ2) is 12.3. The molecule has 1 aromatic heterocycles. The van der Waals surface area contributed by atoms with Crippen LogP contribution in [0.3, 0.4) is 0 Å². The molecule has 240 valence electrons. The van der Waals surface area contributed by atoms with Crippen LogP contribution in [0.2, 0.25) is 0 Å². The maximum atomic E-state index is 14.8. The quantitative estimate of drug-likeness (QED) is 0.261. The number of hydrogen-bond donors (Lipinski definition) is 1. The van der Waals surface area contributed by atoms with E-state index in [4.69, 9.17) is 0 Å². The van der Waals surface area contributed by atoms with Crippen molar-refractivity contribution in [3.05, 3.63) is 84.1 Å². The summed E-state index contributed by atoms with van der Waals surface area (Å²) in [4.78, 5) is 31.6. The lowest BCUT2D eigenvalue weighted by atomic mass is 9.81. The highest BCUT2D eigenvalue weighted by Gasteiger charge is 2.73. The summed E-state index contributed by atoms with van der Waals surface area (Å²) in [5.41, 5.74) is -5.31. The van der Waals surface area contributed by atoms with Crippen molar-refractivity contribution in [2.45, 2.75) is 59.8 Å². The van der Waals surface area contributed by atoms with E-state index in [1.165, 1.54) is 11.8 Å². The number of carbonyl (C=O) groups is 2. The molecular weight excluding hydrogens is 625 g/mol. The predicted octanol–water partition coefficient (Wildman–Crippen LogP) is 8.15. The Bertz CT molecular complexity index is 1510. The van der Waals surface area contributed by atoms with Gasteiger partial charge in [-0.1, -0.05) is 42.5 Å². The van der Waals surface area contributed by atoms with Gasteiger partial charge in [0.05, 0.1) is 16.4 Å². The Morgan fingerprint density at radius 1 is 0.844 bits per heavy atom. The molecule has 0 bridgehead atoms. The second-order valence-corrected chi connectivity index (χ2v) is 12.9. The Labute approximate surface area is 258 Å². The fourth-order valence-electron chi connectivity index (χ4n) is 6.16. The first-order chi connectivity index (χ1) is 21.1. The maximum absolute atomic E-state index is 14.8. The summed E-state index contributed by atoms with van der Waals surface area (Å²) in [6.07, 6.45) is -8.98. The van der Waals surface area contributed by atoms with E-state index in [0.717, 1.165) is 22.6 Å². The number of benzene rings is 2. The predicted molar refractivity (Wildman–Crippen MR) is 153 cm³/mol. The Hall–Kier alpha value is -3.61. The fourth-order valence-corrected chi connectivity index (χ4v) is 7.61. The van der Waals surface area contributed by atoms with Crippen molar-refractivity contribution < 1.29 is 45.4 Å². The zero-order chi connectivity index (χ0) is 32.6. The molecule has 3 aromatic rings. The molecular formula is C32H29F7N2O3S. The van der Waals surface area contributed by atoms with Gasteiger partial charge >= 0.3 is 24.0 Å². The molecule has 1 unspecified atom stereocenters. The molecule has 1 aliphatic carbocycles. The number of halogens is 7. The summed E-state index contributed by atoms with van der Waals surface area (Å²) in [5.74, 6) is -1.97. The second-order valence-electron chi connectivity index (χ2n) is 11.5. The van der Waals surface area contributed by atoms with Gasteiger partial charge in [-0.2, -0.15) is 26.3 Å². The summed E-state index contributed by atoms with van der Waals surface area (Å²) in [7, 11) is 0. The third kappa shape index (κ3) is 6.41. The van der Waals surface area contributed by atoms with Crippen molar-refractivity contribution in [1.82, 2.24) is 9.88 Å². The van der Waals surface area contributed by atoms with Gasteiger partial charge in [0.25, 0.3) is 0 Å². The Kier molecular flexibility index (Phi) is 8.96. The van der Waals surface area contributed by atoms with Crippen LogP contribution in [0.4, 0.5) is 30.7 Å². The molecule has 0 spiro atoms. The van der Waals surface area contributed by atoms with Gasteiger partial charge in [0, 0.05) is 41.2 Å². The molecule has 1 atom stereocenters. The number of likely N-dealkylation sites (tertiary alicyclic amines) is 1. The van der Waals surface area contributed by atoms with E-state index in [0.29, 0.717) is 55.5 Å². The highest BCUT2D eigenvalue weighted by Crippen LogP contribution is 2.54. The molecule has 1 N–H and O–H groups in total. The number of aromatic nitrogens is 1. The topological polar surface area (TPSA) is 70.5 Å². The van der Waals surface area contributed by atoms with Crippen molar-refractivity contribution in [2.24, 2.45) is 11.8 Å². The van der Waals surface area contributed by atoms with Gasteiger partial charge in [-0.3, -0.25) is 14.6 Å². The number of nitrogens with zero attached hydrogens (tertiary/aromatic N) is 2. The SMILES string of the molecule is O=C(O)C1CCC(C(=O)N2CCC(Sc3cccc(-c4ccccn4)c3)(c3ccc(C(F)(C(F)(F)F)C(F)(F)F)cc3)C2)CC1.